The van der Waals surface area contributed by atoms with Crippen LogP contribution >= 0.6 is 0 Å². The van der Waals surface area contributed by atoms with Crippen molar-refractivity contribution >= 4 is 22.8 Å². The Morgan fingerprint density at radius 1 is 1.41 bits per heavy atom. The molecule has 1 unspecified atom stereocenters. The summed E-state index contributed by atoms with van der Waals surface area (Å²) in [4.78, 5) is 28.1. The fourth-order valence-corrected chi connectivity index (χ4v) is 2.98. The molecule has 1 fully saturated rings. The molecule has 116 valence electrons. The summed E-state index contributed by atoms with van der Waals surface area (Å²) < 4.78 is 13.4. The van der Waals surface area contributed by atoms with E-state index in [9.17, 15) is 14.0 Å². The molecule has 3 rings (SSSR count). The highest BCUT2D eigenvalue weighted by Crippen LogP contribution is 2.22. The molecule has 2 heterocycles. The number of aliphatic carboxylic acids is 1. The molecule has 5 nitrogen and oxygen atoms in total. The third kappa shape index (κ3) is 2.81. The lowest BCUT2D eigenvalue weighted by Crippen LogP contribution is -2.42. The Morgan fingerprint density at radius 3 is 3.00 bits per heavy atom. The lowest BCUT2D eigenvalue weighted by molar-refractivity contribution is -0.145. The number of fused-ring (bicyclic) bond motifs is 1. The Morgan fingerprint density at radius 2 is 2.23 bits per heavy atom. The molecule has 2 aromatic rings. The van der Waals surface area contributed by atoms with Crippen LogP contribution < -0.4 is 0 Å². The SMILES string of the molecule is O=C(O)C1CCCN(C(=O)Cc2c[nH]c3ccc(F)cc23)C1. The number of hydrogen-bond acceptors (Lipinski definition) is 2. The van der Waals surface area contributed by atoms with Crippen LogP contribution in [0.1, 0.15) is 18.4 Å². The molecule has 0 bridgehead atoms. The van der Waals surface area contributed by atoms with Crippen LogP contribution in [0.3, 0.4) is 0 Å². The Labute approximate surface area is 126 Å². The van der Waals surface area contributed by atoms with E-state index in [1.165, 1.54) is 12.1 Å². The van der Waals surface area contributed by atoms with Gasteiger partial charge in [0.2, 0.25) is 5.91 Å². The number of amides is 1. The molecule has 1 atom stereocenters. The van der Waals surface area contributed by atoms with E-state index in [-0.39, 0.29) is 24.7 Å². The summed E-state index contributed by atoms with van der Waals surface area (Å²) in [6, 6.07) is 4.41. The summed E-state index contributed by atoms with van der Waals surface area (Å²) in [5.74, 6) is -1.80. The third-order valence-electron chi connectivity index (χ3n) is 4.19. The molecule has 1 aromatic carbocycles. The molecule has 6 heteroatoms. The van der Waals surface area contributed by atoms with Crippen molar-refractivity contribution in [1.82, 2.24) is 9.88 Å². The smallest absolute Gasteiger partial charge is 0.308 e. The van der Waals surface area contributed by atoms with Crippen molar-refractivity contribution < 1.29 is 19.1 Å². The minimum atomic E-state index is -0.855. The van der Waals surface area contributed by atoms with Crippen molar-refractivity contribution in [1.29, 1.82) is 0 Å². The summed E-state index contributed by atoms with van der Waals surface area (Å²) in [6.07, 6.45) is 3.17. The highest BCUT2D eigenvalue weighted by Gasteiger charge is 2.28. The molecule has 1 aromatic heterocycles. The number of carboxylic acid groups (broad SMARTS) is 1. The summed E-state index contributed by atoms with van der Waals surface area (Å²) >= 11 is 0. The van der Waals surface area contributed by atoms with Crippen LogP contribution in [0.25, 0.3) is 10.9 Å². The predicted molar refractivity (Wildman–Crippen MR) is 78.9 cm³/mol. The van der Waals surface area contributed by atoms with Gasteiger partial charge in [0.15, 0.2) is 0 Å². The van der Waals surface area contributed by atoms with Gasteiger partial charge in [-0.1, -0.05) is 0 Å². The number of rotatable bonds is 3. The van der Waals surface area contributed by atoms with Crippen molar-refractivity contribution in [3.8, 4) is 0 Å². The van der Waals surface area contributed by atoms with E-state index >= 15 is 0 Å². The number of hydrogen-bond donors (Lipinski definition) is 2. The first-order chi connectivity index (χ1) is 10.5. The monoisotopic (exact) mass is 304 g/mol. The first-order valence-corrected chi connectivity index (χ1v) is 7.30. The van der Waals surface area contributed by atoms with Crippen LogP contribution in [-0.4, -0.2) is 40.0 Å². The summed E-state index contributed by atoms with van der Waals surface area (Å²) in [7, 11) is 0. The van der Waals surface area contributed by atoms with Gasteiger partial charge in [0.1, 0.15) is 5.82 Å². The zero-order chi connectivity index (χ0) is 15.7. The molecule has 22 heavy (non-hydrogen) atoms. The minimum absolute atomic E-state index is 0.115. The van der Waals surface area contributed by atoms with Crippen molar-refractivity contribution in [3.63, 3.8) is 0 Å². The van der Waals surface area contributed by atoms with E-state index in [0.717, 1.165) is 11.1 Å². The average Bonchev–Trinajstić information content (AvgIpc) is 2.89. The number of nitrogens with zero attached hydrogens (tertiary/aromatic N) is 1. The number of aromatic amines is 1. The standard InChI is InChI=1S/C16H17FN2O3/c17-12-3-4-14-13(7-12)11(8-18-14)6-15(20)19-5-1-2-10(9-19)16(21)22/h3-4,7-8,10,18H,1-2,5-6,9H2,(H,21,22). The second-order valence-corrected chi connectivity index (χ2v) is 5.70. The van der Waals surface area contributed by atoms with Crippen LogP contribution in [0.4, 0.5) is 4.39 Å². The van der Waals surface area contributed by atoms with Crippen LogP contribution in [0.2, 0.25) is 0 Å². The van der Waals surface area contributed by atoms with Crippen LogP contribution in [0.5, 0.6) is 0 Å². The quantitative estimate of drug-likeness (QED) is 0.912. The summed E-state index contributed by atoms with van der Waals surface area (Å²) in [6.45, 7) is 0.838. The Hall–Kier alpha value is -2.37. The number of nitrogens with one attached hydrogen (secondary N) is 1. The van der Waals surface area contributed by atoms with E-state index in [1.807, 2.05) is 0 Å². The predicted octanol–water partition coefficient (Wildman–Crippen LogP) is 2.17. The summed E-state index contributed by atoms with van der Waals surface area (Å²) in [5.41, 5.74) is 1.52. The number of halogens is 1. The van der Waals surface area contributed by atoms with Gasteiger partial charge in [0, 0.05) is 30.2 Å². The lowest BCUT2D eigenvalue weighted by atomic mass is 9.97. The van der Waals surface area contributed by atoms with Gasteiger partial charge in [-0.05, 0) is 36.6 Å². The van der Waals surface area contributed by atoms with Gasteiger partial charge in [-0.2, -0.15) is 0 Å². The third-order valence-corrected chi connectivity index (χ3v) is 4.19. The van der Waals surface area contributed by atoms with Crippen LogP contribution in [-0.2, 0) is 16.0 Å². The lowest BCUT2D eigenvalue weighted by Gasteiger charge is -2.30. The molecule has 1 aliphatic rings. The van der Waals surface area contributed by atoms with Gasteiger partial charge in [-0.3, -0.25) is 9.59 Å². The first-order valence-electron chi connectivity index (χ1n) is 7.30. The molecule has 1 aliphatic heterocycles. The molecule has 0 saturated carbocycles. The number of piperidine rings is 1. The molecular formula is C16H17FN2O3. The molecule has 0 aliphatic carbocycles. The molecule has 0 radical (unpaired) electrons. The topological polar surface area (TPSA) is 73.4 Å². The Bertz CT molecular complexity index is 725. The van der Waals surface area contributed by atoms with E-state index in [0.29, 0.717) is 24.8 Å². The van der Waals surface area contributed by atoms with Crippen molar-refractivity contribution in [2.24, 2.45) is 5.92 Å². The average molecular weight is 304 g/mol. The minimum Gasteiger partial charge on any atom is -0.481 e. The van der Waals surface area contributed by atoms with Gasteiger partial charge in [0.25, 0.3) is 0 Å². The van der Waals surface area contributed by atoms with E-state index in [4.69, 9.17) is 5.11 Å². The highest BCUT2D eigenvalue weighted by molar-refractivity contribution is 5.89. The number of carboxylic acids is 1. The van der Waals surface area contributed by atoms with E-state index in [2.05, 4.69) is 4.98 Å². The van der Waals surface area contributed by atoms with Crippen LogP contribution in [0, 0.1) is 11.7 Å². The van der Waals surface area contributed by atoms with Crippen molar-refractivity contribution in [2.75, 3.05) is 13.1 Å². The second-order valence-electron chi connectivity index (χ2n) is 5.70. The molecule has 0 spiro atoms. The van der Waals surface area contributed by atoms with Crippen molar-refractivity contribution in [3.05, 3.63) is 35.8 Å². The molecule has 1 saturated heterocycles. The number of benzene rings is 1. The Kier molecular flexibility index (Phi) is 3.83. The van der Waals surface area contributed by atoms with Crippen LogP contribution in [0.15, 0.2) is 24.4 Å². The first kappa shape index (κ1) is 14.6. The number of carbonyl (C=O) groups excluding carboxylic acids is 1. The largest absolute Gasteiger partial charge is 0.481 e. The molecule has 1 amide bonds. The number of likely N-dealkylation sites (tertiary alicyclic amines) is 1. The number of carbonyl (C=O) groups is 2. The number of H-pyrrole nitrogens is 1. The fraction of sp³-hybridized carbons (Fsp3) is 0.375. The van der Waals surface area contributed by atoms with Gasteiger partial charge >= 0.3 is 5.97 Å². The zero-order valence-electron chi connectivity index (χ0n) is 12.0. The molecule has 2 N–H and O–H groups in total. The maximum atomic E-state index is 13.4. The zero-order valence-corrected chi connectivity index (χ0v) is 12.0. The van der Waals surface area contributed by atoms with E-state index < -0.39 is 11.9 Å². The summed E-state index contributed by atoms with van der Waals surface area (Å²) in [5, 5.41) is 9.78. The van der Waals surface area contributed by atoms with Gasteiger partial charge in [-0.25, -0.2) is 4.39 Å². The van der Waals surface area contributed by atoms with Gasteiger partial charge in [-0.15, -0.1) is 0 Å². The van der Waals surface area contributed by atoms with E-state index in [1.54, 1.807) is 17.2 Å². The highest BCUT2D eigenvalue weighted by atomic mass is 19.1. The van der Waals surface area contributed by atoms with Gasteiger partial charge in [0.05, 0.1) is 12.3 Å². The number of aromatic nitrogens is 1. The fourth-order valence-electron chi connectivity index (χ4n) is 2.98. The maximum absolute atomic E-state index is 13.4. The Balaban J connectivity index is 1.75. The van der Waals surface area contributed by atoms with Crippen molar-refractivity contribution in [2.45, 2.75) is 19.3 Å². The second kappa shape index (κ2) is 5.79. The molecular weight excluding hydrogens is 287 g/mol. The van der Waals surface area contributed by atoms with Gasteiger partial charge < -0.3 is 15.0 Å². The maximum Gasteiger partial charge on any atom is 0.308 e. The normalized spacial score (nSPS) is 18.6.